The summed E-state index contributed by atoms with van der Waals surface area (Å²) in [5.41, 5.74) is 1.05. The minimum atomic E-state index is -0.712. The Labute approximate surface area is 173 Å². The molecule has 3 rings (SSSR count). The van der Waals surface area contributed by atoms with Gasteiger partial charge in [-0.15, -0.1) is 0 Å². The molecule has 0 radical (unpaired) electrons. The van der Waals surface area contributed by atoms with Gasteiger partial charge in [0.25, 0.3) is 5.91 Å². The van der Waals surface area contributed by atoms with Crippen molar-refractivity contribution in [1.82, 2.24) is 0 Å². The lowest BCUT2D eigenvalue weighted by molar-refractivity contribution is -0.885. The number of nitrogens with one attached hydrogen (secondary N) is 2. The van der Waals surface area contributed by atoms with Crippen molar-refractivity contribution in [2.75, 3.05) is 32.3 Å². The van der Waals surface area contributed by atoms with Gasteiger partial charge in [0.1, 0.15) is 17.9 Å². The molecular weight excluding hydrogens is 392 g/mol. The molecule has 9 heteroatoms. The second kappa shape index (κ2) is 9.00. The molecule has 0 bridgehead atoms. The van der Waals surface area contributed by atoms with Gasteiger partial charge in [-0.2, -0.15) is 0 Å². The fourth-order valence-electron chi connectivity index (χ4n) is 3.36. The number of rotatable bonds is 8. The summed E-state index contributed by atoms with van der Waals surface area (Å²) in [5, 5.41) is 2.60. The number of anilines is 1. The van der Waals surface area contributed by atoms with E-state index in [4.69, 9.17) is 18.6 Å². The van der Waals surface area contributed by atoms with Crippen LogP contribution >= 0.6 is 0 Å². The lowest BCUT2D eigenvalue weighted by Gasteiger charge is -2.14. The number of Topliss-reactive ketones (excluding diaryl/α,β-unsaturated/α-hetero) is 1. The lowest BCUT2D eigenvalue weighted by Crippen LogP contribution is -3.08. The van der Waals surface area contributed by atoms with Crippen molar-refractivity contribution in [1.29, 1.82) is 0 Å². The zero-order valence-electron chi connectivity index (χ0n) is 17.4. The minimum Gasteiger partial charge on any atom is -0.462 e. The molecule has 30 heavy (non-hydrogen) atoms. The number of furan rings is 1. The number of quaternary nitrogens is 1. The van der Waals surface area contributed by atoms with E-state index in [1.807, 2.05) is 25.2 Å². The van der Waals surface area contributed by atoms with Gasteiger partial charge in [0, 0.05) is 5.56 Å². The number of esters is 1. The summed E-state index contributed by atoms with van der Waals surface area (Å²) in [7, 11) is 1.87. The fourth-order valence-corrected chi connectivity index (χ4v) is 3.36. The predicted molar refractivity (Wildman–Crippen MR) is 106 cm³/mol. The van der Waals surface area contributed by atoms with Crippen LogP contribution in [0.1, 0.15) is 45.9 Å². The first-order valence-corrected chi connectivity index (χ1v) is 9.61. The van der Waals surface area contributed by atoms with E-state index in [-0.39, 0.29) is 54.4 Å². The minimum absolute atomic E-state index is 0.0522. The van der Waals surface area contributed by atoms with Gasteiger partial charge in [0.15, 0.2) is 23.8 Å². The Bertz CT molecular complexity index is 980. The van der Waals surface area contributed by atoms with E-state index in [9.17, 15) is 14.4 Å². The third-order valence-electron chi connectivity index (χ3n) is 4.57. The van der Waals surface area contributed by atoms with Crippen LogP contribution in [-0.4, -0.2) is 44.7 Å². The molecule has 160 valence electrons. The SMILES string of the molecule is CCOC(=O)c1c(NC(=O)C[NH+](C)Cc2ccc3c(c2)OCO3)oc(C)c1C(C)=O. The Morgan fingerprint density at radius 2 is 1.90 bits per heavy atom. The van der Waals surface area contributed by atoms with Crippen LogP contribution in [0.25, 0.3) is 0 Å². The molecule has 1 amide bonds. The molecule has 1 aliphatic rings. The summed E-state index contributed by atoms with van der Waals surface area (Å²) in [5.74, 6) is 0.157. The fraction of sp³-hybridized carbons (Fsp3) is 0.381. The van der Waals surface area contributed by atoms with Crippen LogP contribution in [0.15, 0.2) is 22.6 Å². The molecule has 1 aliphatic heterocycles. The summed E-state index contributed by atoms with van der Waals surface area (Å²) in [6, 6.07) is 5.64. The van der Waals surface area contributed by atoms with Gasteiger partial charge in [-0.05, 0) is 39.0 Å². The first kappa shape index (κ1) is 21.4. The smallest absolute Gasteiger partial charge is 0.344 e. The number of hydrogen-bond donors (Lipinski definition) is 2. The van der Waals surface area contributed by atoms with Crippen LogP contribution in [0.2, 0.25) is 0 Å². The molecule has 0 saturated carbocycles. The van der Waals surface area contributed by atoms with Crippen molar-refractivity contribution in [3.05, 3.63) is 40.6 Å². The van der Waals surface area contributed by atoms with Gasteiger partial charge in [-0.1, -0.05) is 0 Å². The number of likely N-dealkylation sites (N-methyl/N-ethyl adjacent to an activating group) is 1. The van der Waals surface area contributed by atoms with Crippen molar-refractivity contribution in [3.63, 3.8) is 0 Å². The average Bonchev–Trinajstić information content (AvgIpc) is 3.25. The highest BCUT2D eigenvalue weighted by atomic mass is 16.7. The molecule has 0 aliphatic carbocycles. The van der Waals surface area contributed by atoms with E-state index >= 15 is 0 Å². The highest BCUT2D eigenvalue weighted by Gasteiger charge is 2.29. The molecule has 0 saturated heterocycles. The number of benzene rings is 1. The van der Waals surface area contributed by atoms with Crippen LogP contribution in [0, 0.1) is 6.92 Å². The Morgan fingerprint density at radius 3 is 2.60 bits per heavy atom. The number of aryl methyl sites for hydroxylation is 1. The largest absolute Gasteiger partial charge is 0.462 e. The van der Waals surface area contributed by atoms with E-state index in [0.717, 1.165) is 10.5 Å². The van der Waals surface area contributed by atoms with Gasteiger partial charge in [0.2, 0.25) is 12.7 Å². The summed E-state index contributed by atoms with van der Waals surface area (Å²) in [6.07, 6.45) is 0. The third-order valence-corrected chi connectivity index (χ3v) is 4.57. The first-order valence-electron chi connectivity index (χ1n) is 9.61. The van der Waals surface area contributed by atoms with Crippen molar-refractivity contribution >= 4 is 23.5 Å². The summed E-state index contributed by atoms with van der Waals surface area (Å²) in [6.45, 7) is 5.58. The number of amides is 1. The average molecular weight is 417 g/mol. The zero-order valence-corrected chi connectivity index (χ0v) is 17.4. The molecule has 1 atom stereocenters. The van der Waals surface area contributed by atoms with Crippen LogP contribution in [0.3, 0.4) is 0 Å². The van der Waals surface area contributed by atoms with E-state index in [0.29, 0.717) is 18.0 Å². The highest BCUT2D eigenvalue weighted by molar-refractivity contribution is 6.10. The van der Waals surface area contributed by atoms with Gasteiger partial charge >= 0.3 is 5.97 Å². The standard InChI is InChI=1S/C21H24N2O7/c1-5-27-21(26)19-18(12(2)24)13(3)30-20(19)22-17(25)10-23(4)9-14-6-7-15-16(8-14)29-11-28-15/h6-8H,5,9-11H2,1-4H3,(H,22,25)/p+1. The van der Waals surface area contributed by atoms with E-state index < -0.39 is 5.97 Å². The van der Waals surface area contributed by atoms with Crippen LogP contribution in [-0.2, 0) is 16.1 Å². The Hall–Kier alpha value is -3.33. The van der Waals surface area contributed by atoms with Crippen LogP contribution in [0.5, 0.6) is 11.5 Å². The van der Waals surface area contributed by atoms with Crippen molar-refractivity contribution in [3.8, 4) is 11.5 Å². The number of fused-ring (bicyclic) bond motifs is 1. The van der Waals surface area contributed by atoms with E-state index in [1.54, 1.807) is 13.8 Å². The number of carbonyl (C=O) groups excluding carboxylic acids is 3. The molecule has 0 fully saturated rings. The van der Waals surface area contributed by atoms with Crippen LogP contribution < -0.4 is 19.7 Å². The number of ether oxygens (including phenoxy) is 3. The molecule has 2 aromatic rings. The van der Waals surface area contributed by atoms with Gasteiger partial charge < -0.3 is 23.5 Å². The summed E-state index contributed by atoms with van der Waals surface area (Å²) in [4.78, 5) is 37.7. The molecule has 1 unspecified atom stereocenters. The Kier molecular flexibility index (Phi) is 6.41. The third kappa shape index (κ3) is 4.62. The molecule has 2 N–H and O–H groups in total. The first-order chi connectivity index (χ1) is 14.3. The monoisotopic (exact) mass is 417 g/mol. The second-order valence-electron chi connectivity index (χ2n) is 7.06. The molecule has 1 aromatic heterocycles. The Balaban J connectivity index is 1.69. The van der Waals surface area contributed by atoms with E-state index in [2.05, 4.69) is 5.32 Å². The molecule has 9 nitrogen and oxygen atoms in total. The zero-order chi connectivity index (χ0) is 21.8. The summed E-state index contributed by atoms with van der Waals surface area (Å²) >= 11 is 0. The van der Waals surface area contributed by atoms with Gasteiger partial charge in [-0.25, -0.2) is 4.79 Å². The maximum atomic E-state index is 12.5. The molecule has 1 aromatic carbocycles. The highest BCUT2D eigenvalue weighted by Crippen LogP contribution is 2.32. The number of carbonyl (C=O) groups is 3. The van der Waals surface area contributed by atoms with Crippen molar-refractivity contribution < 1.29 is 37.9 Å². The predicted octanol–water partition coefficient (Wildman–Crippen LogP) is 1.35. The van der Waals surface area contributed by atoms with Crippen molar-refractivity contribution in [2.24, 2.45) is 0 Å². The summed E-state index contributed by atoms with van der Waals surface area (Å²) < 4.78 is 21.2. The second-order valence-corrected chi connectivity index (χ2v) is 7.06. The molecular formula is C21H25N2O7+. The molecule has 0 spiro atoms. The Morgan fingerprint density at radius 1 is 1.17 bits per heavy atom. The van der Waals surface area contributed by atoms with Gasteiger partial charge in [-0.3, -0.25) is 14.9 Å². The van der Waals surface area contributed by atoms with Crippen molar-refractivity contribution in [2.45, 2.75) is 27.3 Å². The quantitative estimate of drug-likeness (QED) is 0.493. The normalized spacial score (nSPS) is 13.1. The maximum Gasteiger partial charge on any atom is 0.344 e. The lowest BCUT2D eigenvalue weighted by atomic mass is 10.1. The maximum absolute atomic E-state index is 12.5. The topological polar surface area (TPSA) is 109 Å². The number of ketones is 1. The van der Waals surface area contributed by atoms with Gasteiger partial charge in [0.05, 0.1) is 19.2 Å². The van der Waals surface area contributed by atoms with Crippen LogP contribution in [0.4, 0.5) is 5.88 Å². The number of hydrogen-bond acceptors (Lipinski definition) is 7. The molecule has 2 heterocycles. The van der Waals surface area contributed by atoms with E-state index in [1.165, 1.54) is 6.92 Å².